The Balaban J connectivity index is 1.87. The fourth-order valence-electron chi connectivity index (χ4n) is 2.72. The molecule has 0 radical (unpaired) electrons. The lowest BCUT2D eigenvalue weighted by atomic mass is 9.95. The van der Waals surface area contributed by atoms with Crippen LogP contribution >= 0.6 is 0 Å². The monoisotopic (exact) mass is 254 g/mol. The van der Waals surface area contributed by atoms with Gasteiger partial charge in [-0.05, 0) is 37.9 Å². The third kappa shape index (κ3) is 3.73. The predicted octanol–water partition coefficient (Wildman–Crippen LogP) is 3.04. The van der Waals surface area contributed by atoms with Crippen molar-refractivity contribution < 1.29 is 8.78 Å². The third-order valence-electron chi connectivity index (χ3n) is 3.71. The smallest absolute Gasteiger partial charge is 0.248 e. The Morgan fingerprint density at radius 3 is 2.89 bits per heavy atom. The maximum atomic E-state index is 13.1. The molecule has 0 bridgehead atoms. The van der Waals surface area contributed by atoms with Crippen molar-refractivity contribution in [2.45, 2.75) is 44.1 Å². The molecule has 18 heavy (non-hydrogen) atoms. The maximum Gasteiger partial charge on any atom is 0.248 e. The highest BCUT2D eigenvalue weighted by molar-refractivity contribution is 5.05. The van der Waals surface area contributed by atoms with E-state index in [1.165, 1.54) is 0 Å². The summed E-state index contributed by atoms with van der Waals surface area (Å²) in [5.74, 6) is -2.30. The van der Waals surface area contributed by atoms with Crippen LogP contribution in [-0.4, -0.2) is 24.0 Å². The van der Waals surface area contributed by atoms with Crippen LogP contribution in [-0.2, 0) is 6.42 Å². The van der Waals surface area contributed by atoms with Crippen molar-refractivity contribution in [2.75, 3.05) is 7.05 Å². The van der Waals surface area contributed by atoms with Crippen LogP contribution in [0.1, 0.15) is 31.4 Å². The Kier molecular flexibility index (Phi) is 4.27. The Morgan fingerprint density at radius 2 is 2.33 bits per heavy atom. The quantitative estimate of drug-likeness (QED) is 0.873. The van der Waals surface area contributed by atoms with Crippen LogP contribution in [0.4, 0.5) is 8.78 Å². The zero-order chi connectivity index (χ0) is 13.0. The summed E-state index contributed by atoms with van der Waals surface area (Å²) in [7, 11) is 1.89. The van der Waals surface area contributed by atoms with Gasteiger partial charge in [0.2, 0.25) is 5.92 Å². The van der Waals surface area contributed by atoms with Crippen molar-refractivity contribution in [1.29, 1.82) is 0 Å². The van der Waals surface area contributed by atoms with Gasteiger partial charge in [-0.3, -0.25) is 4.98 Å². The largest absolute Gasteiger partial charge is 0.317 e. The van der Waals surface area contributed by atoms with Gasteiger partial charge in [-0.25, -0.2) is 8.78 Å². The molecular formula is C14H20F2N2. The van der Waals surface area contributed by atoms with Crippen LogP contribution in [0.2, 0.25) is 0 Å². The Hall–Kier alpha value is -1.03. The molecule has 1 aromatic heterocycles. The first-order valence-electron chi connectivity index (χ1n) is 6.54. The van der Waals surface area contributed by atoms with Crippen LogP contribution in [0.25, 0.3) is 0 Å². The normalized spacial score (nSPS) is 24.1. The van der Waals surface area contributed by atoms with Crippen LogP contribution < -0.4 is 5.32 Å². The SMILES string of the molecule is CNC(Cc1ccccn1)CC1CCC(F)(F)C1. The van der Waals surface area contributed by atoms with E-state index in [2.05, 4.69) is 10.3 Å². The van der Waals surface area contributed by atoms with Gasteiger partial charge in [0.25, 0.3) is 0 Å². The lowest BCUT2D eigenvalue weighted by Crippen LogP contribution is -2.30. The number of aromatic nitrogens is 1. The van der Waals surface area contributed by atoms with E-state index >= 15 is 0 Å². The molecule has 1 aliphatic carbocycles. The standard InChI is InChI=1S/C14H20F2N2/c1-17-13(9-12-4-2-3-7-18-12)8-11-5-6-14(15,16)10-11/h2-4,7,11,13,17H,5-6,8-10H2,1H3. The van der Waals surface area contributed by atoms with E-state index in [-0.39, 0.29) is 24.8 Å². The molecule has 4 heteroatoms. The topological polar surface area (TPSA) is 24.9 Å². The van der Waals surface area contributed by atoms with E-state index in [9.17, 15) is 8.78 Å². The van der Waals surface area contributed by atoms with Crippen molar-refractivity contribution in [1.82, 2.24) is 10.3 Å². The second kappa shape index (κ2) is 5.74. The number of hydrogen-bond acceptors (Lipinski definition) is 2. The van der Waals surface area contributed by atoms with Gasteiger partial charge in [-0.15, -0.1) is 0 Å². The summed E-state index contributed by atoms with van der Waals surface area (Å²) in [6.07, 6.45) is 4.13. The minimum absolute atomic E-state index is 0.0490. The van der Waals surface area contributed by atoms with Gasteiger partial charge in [0, 0.05) is 37.2 Å². The van der Waals surface area contributed by atoms with E-state index in [4.69, 9.17) is 0 Å². The molecule has 2 unspecified atom stereocenters. The number of alkyl halides is 2. The van der Waals surface area contributed by atoms with Crippen molar-refractivity contribution in [3.05, 3.63) is 30.1 Å². The number of rotatable bonds is 5. The summed E-state index contributed by atoms with van der Waals surface area (Å²) in [6, 6.07) is 6.06. The van der Waals surface area contributed by atoms with E-state index in [0.717, 1.165) is 18.5 Å². The number of halogens is 2. The third-order valence-corrected chi connectivity index (χ3v) is 3.71. The van der Waals surface area contributed by atoms with Gasteiger partial charge in [-0.1, -0.05) is 6.07 Å². The molecule has 1 N–H and O–H groups in total. The van der Waals surface area contributed by atoms with Crippen molar-refractivity contribution >= 4 is 0 Å². The average molecular weight is 254 g/mol. The van der Waals surface area contributed by atoms with Gasteiger partial charge in [0.15, 0.2) is 0 Å². The Morgan fingerprint density at radius 1 is 1.50 bits per heavy atom. The molecule has 1 fully saturated rings. The Bertz CT molecular complexity index is 367. The second-order valence-electron chi connectivity index (χ2n) is 5.21. The zero-order valence-corrected chi connectivity index (χ0v) is 10.7. The minimum Gasteiger partial charge on any atom is -0.317 e. The molecule has 1 aromatic rings. The fourth-order valence-corrected chi connectivity index (χ4v) is 2.72. The molecule has 2 nitrogen and oxygen atoms in total. The van der Waals surface area contributed by atoms with Gasteiger partial charge in [0.1, 0.15) is 0 Å². The first-order valence-corrected chi connectivity index (χ1v) is 6.54. The molecular weight excluding hydrogens is 234 g/mol. The molecule has 2 atom stereocenters. The van der Waals surface area contributed by atoms with Crippen LogP contribution in [0.15, 0.2) is 24.4 Å². The summed E-state index contributed by atoms with van der Waals surface area (Å²) < 4.78 is 26.3. The fraction of sp³-hybridized carbons (Fsp3) is 0.643. The number of nitrogens with zero attached hydrogens (tertiary/aromatic N) is 1. The van der Waals surface area contributed by atoms with Crippen molar-refractivity contribution in [2.24, 2.45) is 5.92 Å². The van der Waals surface area contributed by atoms with Gasteiger partial charge < -0.3 is 5.32 Å². The predicted molar refractivity (Wildman–Crippen MR) is 67.7 cm³/mol. The molecule has 100 valence electrons. The summed E-state index contributed by atoms with van der Waals surface area (Å²) in [5.41, 5.74) is 1.02. The number of hydrogen-bond donors (Lipinski definition) is 1. The molecule has 0 saturated heterocycles. The highest BCUT2D eigenvalue weighted by Crippen LogP contribution is 2.40. The molecule has 1 aliphatic rings. The van der Waals surface area contributed by atoms with Crippen LogP contribution in [0, 0.1) is 5.92 Å². The molecule has 2 rings (SSSR count). The van der Waals surface area contributed by atoms with Gasteiger partial charge in [0.05, 0.1) is 0 Å². The molecule has 0 aromatic carbocycles. The lowest BCUT2D eigenvalue weighted by molar-refractivity contribution is 0.00435. The molecule has 0 amide bonds. The molecule has 0 aliphatic heterocycles. The van der Waals surface area contributed by atoms with E-state index in [1.807, 2.05) is 25.2 Å². The van der Waals surface area contributed by atoms with E-state index in [1.54, 1.807) is 6.20 Å². The highest BCUT2D eigenvalue weighted by Gasteiger charge is 2.39. The summed E-state index contributed by atoms with van der Waals surface area (Å²) in [5, 5.41) is 3.22. The van der Waals surface area contributed by atoms with Crippen LogP contribution in [0.3, 0.4) is 0 Å². The zero-order valence-electron chi connectivity index (χ0n) is 10.7. The summed E-state index contributed by atoms with van der Waals surface area (Å²) >= 11 is 0. The number of likely N-dealkylation sites (N-methyl/N-ethyl adjacent to an activating group) is 1. The first-order chi connectivity index (χ1) is 8.59. The lowest BCUT2D eigenvalue weighted by Gasteiger charge is -2.19. The van der Waals surface area contributed by atoms with E-state index in [0.29, 0.717) is 6.42 Å². The highest BCUT2D eigenvalue weighted by atomic mass is 19.3. The molecule has 0 spiro atoms. The molecule has 1 heterocycles. The van der Waals surface area contributed by atoms with Crippen molar-refractivity contribution in [3.8, 4) is 0 Å². The number of pyridine rings is 1. The maximum absolute atomic E-state index is 13.1. The second-order valence-corrected chi connectivity index (χ2v) is 5.21. The van der Waals surface area contributed by atoms with Gasteiger partial charge in [-0.2, -0.15) is 0 Å². The minimum atomic E-state index is -2.44. The first kappa shape index (κ1) is 13.4. The van der Waals surface area contributed by atoms with E-state index < -0.39 is 5.92 Å². The van der Waals surface area contributed by atoms with Crippen molar-refractivity contribution in [3.63, 3.8) is 0 Å². The number of nitrogens with one attached hydrogen (secondary N) is 1. The average Bonchev–Trinajstić information content (AvgIpc) is 2.69. The Labute approximate surface area is 107 Å². The van der Waals surface area contributed by atoms with Crippen LogP contribution in [0.5, 0.6) is 0 Å². The van der Waals surface area contributed by atoms with Gasteiger partial charge >= 0.3 is 0 Å². The molecule has 1 saturated carbocycles. The summed E-state index contributed by atoms with van der Waals surface area (Å²) in [6.45, 7) is 0. The summed E-state index contributed by atoms with van der Waals surface area (Å²) in [4.78, 5) is 4.28.